The molecule has 16 heavy (non-hydrogen) atoms. The quantitative estimate of drug-likeness (QED) is 0.508. The van der Waals surface area contributed by atoms with E-state index >= 15 is 0 Å². The van der Waals surface area contributed by atoms with Gasteiger partial charge in [0.15, 0.2) is 11.2 Å². The summed E-state index contributed by atoms with van der Waals surface area (Å²) < 4.78 is 1.86. The van der Waals surface area contributed by atoms with Crippen molar-refractivity contribution in [1.82, 2.24) is 19.9 Å². The highest BCUT2D eigenvalue weighted by molar-refractivity contribution is 6.28. The molecule has 0 amide bonds. The van der Waals surface area contributed by atoms with Gasteiger partial charge in [-0.05, 0) is 28.7 Å². The van der Waals surface area contributed by atoms with Crippen molar-refractivity contribution < 1.29 is 4.57 Å². The lowest BCUT2D eigenvalue weighted by Crippen LogP contribution is -2.31. The highest BCUT2D eigenvalue weighted by Gasteiger charge is 2.18. The second kappa shape index (κ2) is 3.53. The number of pyridine rings is 1. The van der Waals surface area contributed by atoms with Gasteiger partial charge in [-0.15, -0.1) is 0 Å². The molecule has 78 valence electrons. The summed E-state index contributed by atoms with van der Waals surface area (Å²) in [5, 5.41) is 0.186. The Kier molecular flexibility index (Phi) is 2.04. The first kappa shape index (κ1) is 9.23. The van der Waals surface area contributed by atoms with Crippen molar-refractivity contribution in [2.45, 2.75) is 0 Å². The first-order valence-corrected chi connectivity index (χ1v) is 5.06. The van der Waals surface area contributed by atoms with E-state index in [-0.39, 0.29) is 5.28 Å². The molecule has 0 bridgehead atoms. The van der Waals surface area contributed by atoms with Crippen molar-refractivity contribution in [2.75, 3.05) is 0 Å². The molecule has 0 saturated carbocycles. The van der Waals surface area contributed by atoms with Crippen molar-refractivity contribution in [2.24, 2.45) is 0 Å². The van der Waals surface area contributed by atoms with Crippen molar-refractivity contribution in [3.63, 3.8) is 0 Å². The van der Waals surface area contributed by atoms with Crippen LogP contribution in [-0.2, 0) is 0 Å². The molecule has 0 unspecified atom stereocenters. The summed E-state index contributed by atoms with van der Waals surface area (Å²) in [6.45, 7) is 0. The van der Waals surface area contributed by atoms with Gasteiger partial charge in [-0.25, -0.2) is 9.55 Å². The summed E-state index contributed by atoms with van der Waals surface area (Å²) in [5.74, 6) is 0.688. The van der Waals surface area contributed by atoms with Gasteiger partial charge in [-0.2, -0.15) is 4.98 Å². The molecule has 0 aliphatic rings. The molecule has 0 aliphatic heterocycles. The summed E-state index contributed by atoms with van der Waals surface area (Å²) in [5.41, 5.74) is 1.33. The summed E-state index contributed by atoms with van der Waals surface area (Å²) in [6, 6.07) is 5.76. The Labute approximate surface area is 95.8 Å². The molecule has 3 rings (SSSR count). The van der Waals surface area contributed by atoms with E-state index in [9.17, 15) is 0 Å². The van der Waals surface area contributed by atoms with Crippen LogP contribution in [0.1, 0.15) is 0 Å². The van der Waals surface area contributed by atoms with Crippen LogP contribution in [-0.4, -0.2) is 19.9 Å². The Bertz CT molecular complexity index is 634. The molecule has 6 heteroatoms. The second-order valence-corrected chi connectivity index (χ2v) is 3.54. The van der Waals surface area contributed by atoms with E-state index in [4.69, 9.17) is 11.6 Å². The van der Waals surface area contributed by atoms with E-state index in [0.717, 1.165) is 5.52 Å². The molecule has 3 aromatic heterocycles. The van der Waals surface area contributed by atoms with Crippen molar-refractivity contribution in [1.29, 1.82) is 0 Å². The van der Waals surface area contributed by atoms with Gasteiger partial charge in [0.25, 0.3) is 0 Å². The van der Waals surface area contributed by atoms with E-state index < -0.39 is 0 Å². The molecule has 0 saturated heterocycles. The number of hydrogen-bond acceptors (Lipinski definition) is 3. The van der Waals surface area contributed by atoms with Crippen LogP contribution in [0.2, 0.25) is 5.28 Å². The Hall–Kier alpha value is -2.01. The number of aromatic nitrogens is 5. The number of H-pyrrole nitrogens is 1. The minimum Gasteiger partial charge on any atom is -0.336 e. The normalized spacial score (nSPS) is 10.8. The van der Waals surface area contributed by atoms with Gasteiger partial charge in [0.1, 0.15) is 0 Å². The highest BCUT2D eigenvalue weighted by atomic mass is 35.5. The number of halogens is 1. The lowest BCUT2D eigenvalue weighted by molar-refractivity contribution is -0.598. The van der Waals surface area contributed by atoms with Crippen LogP contribution in [0.5, 0.6) is 0 Å². The smallest absolute Gasteiger partial charge is 0.336 e. The number of nitrogens with one attached hydrogen (secondary N) is 1. The van der Waals surface area contributed by atoms with Gasteiger partial charge in [0.05, 0.1) is 18.7 Å². The molecule has 0 atom stereocenters. The number of imidazole rings is 1. The fraction of sp³-hybridized carbons (Fsp3) is 0. The third-order valence-corrected chi connectivity index (χ3v) is 2.37. The van der Waals surface area contributed by atoms with E-state index in [1.807, 2.05) is 35.2 Å². The average Bonchev–Trinajstić information content (AvgIpc) is 2.77. The Balaban J connectivity index is 2.34. The van der Waals surface area contributed by atoms with Crippen molar-refractivity contribution >= 4 is 22.8 Å². The monoisotopic (exact) mass is 232 g/mol. The molecule has 1 N–H and O–H groups in total. The average molecular weight is 233 g/mol. The molecule has 0 fully saturated rings. The zero-order chi connectivity index (χ0) is 11.0. The minimum atomic E-state index is 0.186. The number of aromatic amines is 1. The van der Waals surface area contributed by atoms with E-state index in [2.05, 4.69) is 19.9 Å². The van der Waals surface area contributed by atoms with Crippen molar-refractivity contribution in [3.05, 3.63) is 42.2 Å². The molecule has 5 nitrogen and oxygen atoms in total. The van der Waals surface area contributed by atoms with Gasteiger partial charge >= 0.3 is 11.1 Å². The van der Waals surface area contributed by atoms with Crippen LogP contribution in [0.3, 0.4) is 0 Å². The largest absolute Gasteiger partial charge is 0.359 e. The third kappa shape index (κ3) is 1.42. The Morgan fingerprint density at radius 3 is 2.75 bits per heavy atom. The van der Waals surface area contributed by atoms with Crippen LogP contribution in [0.4, 0.5) is 0 Å². The van der Waals surface area contributed by atoms with Gasteiger partial charge < -0.3 is 4.98 Å². The maximum Gasteiger partial charge on any atom is 0.359 e. The van der Waals surface area contributed by atoms with Crippen LogP contribution in [0, 0.1) is 0 Å². The second-order valence-electron chi connectivity index (χ2n) is 3.20. The summed E-state index contributed by atoms with van der Waals surface area (Å²) in [4.78, 5) is 15.3. The Morgan fingerprint density at radius 1 is 1.12 bits per heavy atom. The van der Waals surface area contributed by atoms with Crippen LogP contribution in [0.25, 0.3) is 17.0 Å². The van der Waals surface area contributed by atoms with Crippen LogP contribution in [0.15, 0.2) is 36.9 Å². The van der Waals surface area contributed by atoms with Crippen LogP contribution >= 0.6 is 11.6 Å². The van der Waals surface area contributed by atoms with Gasteiger partial charge in [-0.1, -0.05) is 6.07 Å². The molecule has 3 heterocycles. The third-order valence-electron chi connectivity index (χ3n) is 2.20. The van der Waals surface area contributed by atoms with Gasteiger partial charge in [0, 0.05) is 0 Å². The summed E-state index contributed by atoms with van der Waals surface area (Å²) in [6.07, 6.45) is 5.35. The lowest BCUT2D eigenvalue weighted by atomic mass is 10.4. The molecular weight excluding hydrogens is 226 g/mol. The first-order chi connectivity index (χ1) is 7.84. The predicted octanol–water partition coefficient (Wildman–Crippen LogP) is 1.28. The molecule has 0 radical (unpaired) electrons. The molecular formula is C10H7ClN5+. The van der Waals surface area contributed by atoms with E-state index in [1.54, 1.807) is 6.33 Å². The molecule has 0 spiro atoms. The van der Waals surface area contributed by atoms with Crippen LogP contribution < -0.4 is 4.57 Å². The lowest BCUT2D eigenvalue weighted by Gasteiger charge is -1.95. The zero-order valence-electron chi connectivity index (χ0n) is 8.13. The van der Waals surface area contributed by atoms with E-state index in [1.165, 1.54) is 0 Å². The zero-order valence-corrected chi connectivity index (χ0v) is 8.89. The maximum atomic E-state index is 5.84. The predicted molar refractivity (Wildman–Crippen MR) is 58.2 cm³/mol. The SMILES string of the molecule is Clc1nc(-[n+]2ccccc2)c2[nH]cnc2n1. The summed E-state index contributed by atoms with van der Waals surface area (Å²) >= 11 is 5.84. The molecule has 3 aromatic rings. The van der Waals surface area contributed by atoms with E-state index in [0.29, 0.717) is 11.5 Å². The highest BCUT2D eigenvalue weighted by Crippen LogP contribution is 2.13. The molecule has 0 aromatic carbocycles. The molecule has 0 aliphatic carbocycles. The number of hydrogen-bond donors (Lipinski definition) is 1. The topological polar surface area (TPSA) is 58.3 Å². The Morgan fingerprint density at radius 2 is 1.94 bits per heavy atom. The maximum absolute atomic E-state index is 5.84. The summed E-state index contributed by atoms with van der Waals surface area (Å²) in [7, 11) is 0. The first-order valence-electron chi connectivity index (χ1n) is 4.68. The number of fused-ring (bicyclic) bond motifs is 1. The minimum absolute atomic E-state index is 0.186. The fourth-order valence-corrected chi connectivity index (χ4v) is 1.68. The fourth-order valence-electron chi connectivity index (χ4n) is 1.52. The standard InChI is InChI=1S/C10H7ClN5/c11-10-14-8-7(12-6-13-8)9(15-10)16-4-2-1-3-5-16/h1-6H,(H,12,13,14,15)/q+1. The number of rotatable bonds is 1. The van der Waals surface area contributed by atoms with Gasteiger partial charge in [0.2, 0.25) is 0 Å². The number of nitrogens with zero attached hydrogens (tertiary/aromatic N) is 4. The van der Waals surface area contributed by atoms with Crippen molar-refractivity contribution in [3.8, 4) is 5.82 Å². The van der Waals surface area contributed by atoms with Gasteiger partial charge in [-0.3, -0.25) is 0 Å².